The Bertz CT molecular complexity index is 1780. The fraction of sp³-hybridized carbons (Fsp3) is 0.545. The second kappa shape index (κ2) is 15.6. The summed E-state index contributed by atoms with van der Waals surface area (Å²) in [4.78, 5) is 14.0. The van der Waals surface area contributed by atoms with Crippen molar-refractivity contribution in [2.75, 3.05) is 13.2 Å². The van der Waals surface area contributed by atoms with Crippen LogP contribution in [0, 0.1) is 0 Å². The molecule has 0 radical (unpaired) electrons. The van der Waals surface area contributed by atoms with E-state index in [-0.39, 0.29) is 28.4 Å². The van der Waals surface area contributed by atoms with Gasteiger partial charge in [0, 0.05) is 17.7 Å². The van der Waals surface area contributed by atoms with Crippen LogP contribution < -0.4 is 14.9 Å². The molecule has 7 unspecified atom stereocenters. The van der Waals surface area contributed by atoms with E-state index in [1.165, 1.54) is 31.2 Å². The maximum atomic E-state index is 14.0. The molecule has 1 aromatic heterocycles. The third-order valence-corrected chi connectivity index (χ3v) is 9.27. The Labute approximate surface area is 298 Å². The molecule has 3 saturated heterocycles. The summed E-state index contributed by atoms with van der Waals surface area (Å²) in [7, 11) is 0. The van der Waals surface area contributed by atoms with Crippen LogP contribution in [0.3, 0.4) is 0 Å². The summed E-state index contributed by atoms with van der Waals surface area (Å²) >= 11 is 0. The molecule has 6 rings (SSSR count). The van der Waals surface area contributed by atoms with E-state index in [0.717, 1.165) is 12.1 Å². The minimum absolute atomic E-state index is 0.112. The van der Waals surface area contributed by atoms with Crippen LogP contribution in [0.2, 0.25) is 0 Å². The first-order chi connectivity index (χ1) is 25.1. The minimum Gasteiger partial charge on any atom is -0.508 e. The molecule has 20 nitrogen and oxygen atoms in total. The zero-order valence-corrected chi connectivity index (χ0v) is 27.7. The van der Waals surface area contributed by atoms with Gasteiger partial charge in [-0.2, -0.15) is 0 Å². The third-order valence-electron chi connectivity index (χ3n) is 9.27. The van der Waals surface area contributed by atoms with Crippen molar-refractivity contribution in [1.29, 1.82) is 0 Å². The molecule has 3 aliphatic heterocycles. The van der Waals surface area contributed by atoms with Gasteiger partial charge in [-0.05, 0) is 31.2 Å². The van der Waals surface area contributed by atoms with Crippen LogP contribution in [0.1, 0.15) is 6.92 Å². The summed E-state index contributed by atoms with van der Waals surface area (Å²) in [6, 6.07) is 7.20. The predicted molar refractivity (Wildman–Crippen MR) is 171 cm³/mol. The number of phenols is 2. The van der Waals surface area contributed by atoms with Gasteiger partial charge in [-0.1, -0.05) is 0 Å². The minimum atomic E-state index is -2.00. The van der Waals surface area contributed by atoms with E-state index in [9.17, 15) is 66.1 Å². The summed E-state index contributed by atoms with van der Waals surface area (Å²) in [6.45, 7) is 0.0485. The highest BCUT2D eigenvalue weighted by molar-refractivity contribution is 5.88. The van der Waals surface area contributed by atoms with Gasteiger partial charge in [-0.25, -0.2) is 0 Å². The second-order valence-electron chi connectivity index (χ2n) is 12.9. The molecule has 20 heteroatoms. The first-order valence-corrected chi connectivity index (χ1v) is 16.4. The number of aliphatic hydroxyl groups is 10. The van der Waals surface area contributed by atoms with Gasteiger partial charge in [0.1, 0.15) is 95.4 Å². The molecule has 0 saturated carbocycles. The van der Waals surface area contributed by atoms with Crippen molar-refractivity contribution in [3.05, 3.63) is 46.6 Å². The highest BCUT2D eigenvalue weighted by Gasteiger charge is 2.48. The van der Waals surface area contributed by atoms with Crippen molar-refractivity contribution in [3.8, 4) is 34.3 Å². The highest BCUT2D eigenvalue weighted by atomic mass is 16.7. The van der Waals surface area contributed by atoms with Gasteiger partial charge in [-0.15, -0.1) is 0 Å². The summed E-state index contributed by atoms with van der Waals surface area (Å²) in [5.74, 6) is -2.21. The fourth-order valence-electron chi connectivity index (χ4n) is 6.14. The third kappa shape index (κ3) is 7.52. The number of benzene rings is 2. The van der Waals surface area contributed by atoms with E-state index in [2.05, 4.69) is 0 Å². The zero-order chi connectivity index (χ0) is 38.5. The number of aliphatic hydroxyl groups excluding tert-OH is 10. The lowest BCUT2D eigenvalue weighted by molar-refractivity contribution is -0.318. The standard InChI is InChI=1S/C33H40O20/c1-10-19(37)23(41)26(44)31(48-10)47-9-17-21(39)25(43)28(46)33(52-17)53-30-22(40)18-14(36)6-13(49-32-27(45)24(42)20(38)16(8-34)51-32)7-15(18)50-29(30)11-2-4-12(35)5-3-11/h2-7,10,16-17,19-21,23-28,31-39,41-46H,8-9H2,1H3/t10?,16?,17?,19-,20-,21+,23-,24-,25?,26?,27?,28?,31+,32+,33-/m0/s1. The first-order valence-electron chi connectivity index (χ1n) is 16.4. The Morgan fingerprint density at radius 3 is 1.87 bits per heavy atom. The van der Waals surface area contributed by atoms with Crippen molar-refractivity contribution >= 4 is 11.0 Å². The molecule has 53 heavy (non-hydrogen) atoms. The van der Waals surface area contributed by atoms with Gasteiger partial charge in [0.15, 0.2) is 12.1 Å². The molecule has 3 fully saturated rings. The maximum Gasteiger partial charge on any atom is 0.239 e. The normalized spacial score (nSPS) is 37.8. The number of hydrogen-bond acceptors (Lipinski definition) is 20. The molecule has 0 amide bonds. The van der Waals surface area contributed by atoms with Gasteiger partial charge in [0.2, 0.25) is 23.8 Å². The highest BCUT2D eigenvalue weighted by Crippen LogP contribution is 2.39. The summed E-state index contributed by atoms with van der Waals surface area (Å²) in [5, 5.41) is 123. The quantitative estimate of drug-likeness (QED) is 0.0992. The van der Waals surface area contributed by atoms with Gasteiger partial charge >= 0.3 is 0 Å². The average molecular weight is 757 g/mol. The summed E-state index contributed by atoms with van der Waals surface area (Å²) in [6.07, 6.45) is -24.7. The van der Waals surface area contributed by atoms with Crippen molar-refractivity contribution in [2.24, 2.45) is 0 Å². The largest absolute Gasteiger partial charge is 0.508 e. The van der Waals surface area contributed by atoms with Crippen LogP contribution in [0.15, 0.2) is 45.6 Å². The molecule has 12 N–H and O–H groups in total. The molecule has 3 aliphatic rings. The van der Waals surface area contributed by atoms with E-state index < -0.39 is 128 Å². The summed E-state index contributed by atoms with van der Waals surface area (Å²) in [5.41, 5.74) is -1.26. The van der Waals surface area contributed by atoms with Gasteiger partial charge in [0.25, 0.3) is 0 Å². The molecule has 0 bridgehead atoms. The molecule has 0 spiro atoms. The van der Waals surface area contributed by atoms with Crippen molar-refractivity contribution in [1.82, 2.24) is 0 Å². The topological polar surface area (TPSA) is 328 Å². The molecule has 3 aromatic rings. The number of ether oxygens (including phenoxy) is 6. The van der Waals surface area contributed by atoms with E-state index in [1.54, 1.807) is 0 Å². The van der Waals surface area contributed by atoms with Crippen LogP contribution in [-0.4, -0.2) is 167 Å². The Morgan fingerprint density at radius 2 is 1.23 bits per heavy atom. The lowest BCUT2D eigenvalue weighted by Gasteiger charge is -2.42. The van der Waals surface area contributed by atoms with Crippen LogP contribution in [0.5, 0.6) is 23.0 Å². The van der Waals surface area contributed by atoms with Crippen molar-refractivity contribution in [2.45, 2.75) is 99.0 Å². The number of aromatic hydroxyl groups is 2. The Morgan fingerprint density at radius 1 is 0.660 bits per heavy atom. The number of phenolic OH excluding ortho intramolecular Hbond substituents is 2. The van der Waals surface area contributed by atoms with E-state index in [4.69, 9.17) is 32.8 Å². The summed E-state index contributed by atoms with van der Waals surface area (Å²) < 4.78 is 39.3. The fourth-order valence-corrected chi connectivity index (χ4v) is 6.14. The molecule has 0 aliphatic carbocycles. The number of fused-ring (bicyclic) bond motifs is 1. The monoisotopic (exact) mass is 756 g/mol. The Balaban J connectivity index is 1.32. The molecule has 2 aromatic carbocycles. The molecular weight excluding hydrogens is 716 g/mol. The first kappa shape index (κ1) is 39.0. The van der Waals surface area contributed by atoms with Crippen LogP contribution in [-0.2, 0) is 18.9 Å². The van der Waals surface area contributed by atoms with E-state index in [0.29, 0.717) is 0 Å². The maximum absolute atomic E-state index is 14.0. The second-order valence-corrected chi connectivity index (χ2v) is 12.9. The molecule has 292 valence electrons. The molecule has 15 atom stereocenters. The molecular formula is C33H40O20. The van der Waals surface area contributed by atoms with Crippen LogP contribution in [0.25, 0.3) is 22.3 Å². The molecule has 4 heterocycles. The van der Waals surface area contributed by atoms with Crippen molar-refractivity contribution < 1.29 is 94.1 Å². The lowest BCUT2D eigenvalue weighted by Crippen LogP contribution is -2.61. The van der Waals surface area contributed by atoms with Crippen molar-refractivity contribution in [3.63, 3.8) is 0 Å². The lowest BCUT2D eigenvalue weighted by atomic mass is 9.98. The smallest absolute Gasteiger partial charge is 0.239 e. The number of rotatable bonds is 9. The zero-order valence-electron chi connectivity index (χ0n) is 27.7. The SMILES string of the molecule is CC1O[C@@H](OCC2O[C@@H](Oc3c(-c4ccc(O)cc4)oc4cc(O[C@@H]5OC(CO)[C@H](O)[C@H](O)C5O)cc(O)c4c3=O)C(O)C(O)[C@@H]2O)C(O)[C@@H](O)[C@H]1O. The Kier molecular flexibility index (Phi) is 11.5. The van der Waals surface area contributed by atoms with E-state index in [1.807, 2.05) is 0 Å². The average Bonchev–Trinajstić information content (AvgIpc) is 3.13. The van der Waals surface area contributed by atoms with Gasteiger partial charge in [-0.3, -0.25) is 4.79 Å². The number of hydrogen-bond donors (Lipinski definition) is 12. The predicted octanol–water partition coefficient (Wildman–Crippen LogP) is -3.92. The van der Waals surface area contributed by atoms with Crippen LogP contribution >= 0.6 is 0 Å². The van der Waals surface area contributed by atoms with Gasteiger partial charge in [0.05, 0.1) is 19.3 Å². The van der Waals surface area contributed by atoms with Crippen LogP contribution in [0.4, 0.5) is 0 Å². The van der Waals surface area contributed by atoms with E-state index >= 15 is 0 Å². The Hall–Kier alpha value is -3.71. The van der Waals surface area contributed by atoms with Gasteiger partial charge < -0.3 is 94.1 Å².